The third-order valence-electron chi connectivity index (χ3n) is 2.26. The lowest BCUT2D eigenvalue weighted by atomic mass is 10.2. The van der Waals surface area contributed by atoms with Gasteiger partial charge < -0.3 is 5.32 Å². The average Bonchev–Trinajstić information content (AvgIpc) is 2.68. The van der Waals surface area contributed by atoms with E-state index >= 15 is 0 Å². The highest BCUT2D eigenvalue weighted by atomic mass is 32.1. The molecule has 0 atom stereocenters. The van der Waals surface area contributed by atoms with Gasteiger partial charge >= 0.3 is 0 Å². The van der Waals surface area contributed by atoms with Crippen molar-refractivity contribution in [1.82, 2.24) is 5.32 Å². The van der Waals surface area contributed by atoms with Gasteiger partial charge in [-0.25, -0.2) is 0 Å². The molecule has 15 heavy (non-hydrogen) atoms. The second-order valence-corrected chi connectivity index (χ2v) is 4.55. The number of nitrogens with one attached hydrogen (secondary N) is 1. The minimum atomic E-state index is 0.104. The van der Waals surface area contributed by atoms with Gasteiger partial charge in [0.05, 0.1) is 6.54 Å². The molecular weight excluding hydrogens is 206 g/mol. The zero-order valence-corrected chi connectivity index (χ0v) is 9.43. The zero-order chi connectivity index (χ0) is 10.7. The lowest BCUT2D eigenvalue weighted by molar-refractivity contribution is -0.120. The third kappa shape index (κ3) is 2.36. The fraction of sp³-hybridized carbons (Fsp3) is 0.250. The SMILES string of the molecule is CCC(=O)NCc1cc2ccccc2s1. The third-order valence-corrected chi connectivity index (χ3v) is 3.37. The number of hydrogen-bond donors (Lipinski definition) is 1. The van der Waals surface area contributed by atoms with Crippen LogP contribution in [0.2, 0.25) is 0 Å². The van der Waals surface area contributed by atoms with Gasteiger partial charge in [0.15, 0.2) is 0 Å². The van der Waals surface area contributed by atoms with Gasteiger partial charge in [-0.05, 0) is 17.5 Å². The fourth-order valence-corrected chi connectivity index (χ4v) is 2.44. The lowest BCUT2D eigenvalue weighted by Gasteiger charge is -1.99. The van der Waals surface area contributed by atoms with Gasteiger partial charge in [0.1, 0.15) is 0 Å². The lowest BCUT2D eigenvalue weighted by Crippen LogP contribution is -2.20. The van der Waals surface area contributed by atoms with Crippen LogP contribution in [0, 0.1) is 0 Å². The van der Waals surface area contributed by atoms with E-state index in [0.717, 1.165) is 0 Å². The standard InChI is InChI=1S/C12H13NOS/c1-2-12(14)13-8-10-7-9-5-3-4-6-11(9)15-10/h3-7H,2,8H2,1H3,(H,13,14). The molecule has 0 aliphatic rings. The van der Waals surface area contributed by atoms with Crippen molar-refractivity contribution in [2.75, 3.05) is 0 Å². The summed E-state index contributed by atoms with van der Waals surface area (Å²) in [6, 6.07) is 10.4. The largest absolute Gasteiger partial charge is 0.351 e. The van der Waals surface area contributed by atoms with Crippen molar-refractivity contribution in [3.63, 3.8) is 0 Å². The summed E-state index contributed by atoms with van der Waals surface area (Å²) >= 11 is 1.74. The van der Waals surface area contributed by atoms with Gasteiger partial charge in [-0.3, -0.25) is 4.79 Å². The van der Waals surface area contributed by atoms with E-state index in [0.29, 0.717) is 13.0 Å². The van der Waals surface area contributed by atoms with Crippen LogP contribution in [0.3, 0.4) is 0 Å². The van der Waals surface area contributed by atoms with Crippen molar-refractivity contribution in [1.29, 1.82) is 0 Å². The van der Waals surface area contributed by atoms with Crippen LogP contribution in [0.4, 0.5) is 0 Å². The Morgan fingerprint density at radius 2 is 2.20 bits per heavy atom. The second kappa shape index (κ2) is 4.45. The van der Waals surface area contributed by atoms with Gasteiger partial charge in [-0.2, -0.15) is 0 Å². The Morgan fingerprint density at radius 1 is 1.40 bits per heavy atom. The van der Waals surface area contributed by atoms with Crippen LogP contribution in [0.1, 0.15) is 18.2 Å². The van der Waals surface area contributed by atoms with E-state index in [2.05, 4.69) is 23.5 Å². The predicted octanol–water partition coefficient (Wildman–Crippen LogP) is 2.93. The van der Waals surface area contributed by atoms with E-state index in [1.54, 1.807) is 11.3 Å². The number of thiophene rings is 1. The molecule has 2 aromatic rings. The molecule has 78 valence electrons. The Morgan fingerprint density at radius 3 is 2.93 bits per heavy atom. The molecule has 0 unspecified atom stereocenters. The Balaban J connectivity index is 2.12. The minimum Gasteiger partial charge on any atom is -0.351 e. The molecule has 1 aromatic carbocycles. The molecule has 0 spiro atoms. The first kappa shape index (κ1) is 10.2. The molecule has 0 saturated heterocycles. The highest BCUT2D eigenvalue weighted by Gasteiger charge is 2.02. The summed E-state index contributed by atoms with van der Waals surface area (Å²) in [5, 5.41) is 4.13. The average molecular weight is 219 g/mol. The number of carbonyl (C=O) groups excluding carboxylic acids is 1. The Labute approximate surface area is 92.9 Å². The van der Waals surface area contributed by atoms with E-state index in [9.17, 15) is 4.79 Å². The molecule has 2 rings (SSSR count). The molecule has 0 aliphatic carbocycles. The molecule has 2 nitrogen and oxygen atoms in total. The molecule has 1 heterocycles. The molecular formula is C12H13NOS. The summed E-state index contributed by atoms with van der Waals surface area (Å²) in [7, 11) is 0. The maximum Gasteiger partial charge on any atom is 0.220 e. The number of fused-ring (bicyclic) bond motifs is 1. The summed E-state index contributed by atoms with van der Waals surface area (Å²) in [6.07, 6.45) is 0.547. The van der Waals surface area contributed by atoms with Gasteiger partial charge in [-0.15, -0.1) is 11.3 Å². The van der Waals surface area contributed by atoms with Crippen molar-refractivity contribution in [2.45, 2.75) is 19.9 Å². The number of carbonyl (C=O) groups is 1. The zero-order valence-electron chi connectivity index (χ0n) is 8.62. The predicted molar refractivity (Wildman–Crippen MR) is 64.0 cm³/mol. The molecule has 0 bridgehead atoms. The number of amides is 1. The first-order chi connectivity index (χ1) is 7.29. The van der Waals surface area contributed by atoms with Gasteiger partial charge in [0, 0.05) is 16.0 Å². The topological polar surface area (TPSA) is 29.1 Å². The van der Waals surface area contributed by atoms with Crippen LogP contribution in [0.15, 0.2) is 30.3 Å². The molecule has 0 radical (unpaired) electrons. The Hall–Kier alpha value is -1.35. The molecule has 1 N–H and O–H groups in total. The van der Waals surface area contributed by atoms with Crippen LogP contribution >= 0.6 is 11.3 Å². The summed E-state index contributed by atoms with van der Waals surface area (Å²) < 4.78 is 1.28. The molecule has 1 amide bonds. The first-order valence-electron chi connectivity index (χ1n) is 5.03. The van der Waals surface area contributed by atoms with Crippen molar-refractivity contribution in [3.8, 4) is 0 Å². The van der Waals surface area contributed by atoms with E-state index in [1.165, 1.54) is 15.0 Å². The van der Waals surface area contributed by atoms with Crippen LogP contribution in [-0.4, -0.2) is 5.91 Å². The summed E-state index contributed by atoms with van der Waals surface area (Å²) in [4.78, 5) is 12.3. The second-order valence-electron chi connectivity index (χ2n) is 3.38. The molecule has 0 fully saturated rings. The summed E-state index contributed by atoms with van der Waals surface area (Å²) in [5.41, 5.74) is 0. The Bertz CT molecular complexity index is 442. The van der Waals surface area contributed by atoms with Crippen LogP contribution < -0.4 is 5.32 Å². The van der Waals surface area contributed by atoms with Gasteiger partial charge in [-0.1, -0.05) is 25.1 Å². The minimum absolute atomic E-state index is 0.104. The van der Waals surface area contributed by atoms with Crippen LogP contribution in [0.25, 0.3) is 10.1 Å². The first-order valence-corrected chi connectivity index (χ1v) is 5.85. The number of rotatable bonds is 3. The fourth-order valence-electron chi connectivity index (χ4n) is 1.43. The maximum atomic E-state index is 11.1. The Kier molecular flexibility index (Phi) is 3.02. The van der Waals surface area contributed by atoms with Crippen molar-refractivity contribution < 1.29 is 4.79 Å². The van der Waals surface area contributed by atoms with E-state index in [4.69, 9.17) is 0 Å². The summed E-state index contributed by atoms with van der Waals surface area (Å²) in [5.74, 6) is 0.104. The number of hydrogen-bond acceptors (Lipinski definition) is 2. The van der Waals surface area contributed by atoms with Gasteiger partial charge in [0.2, 0.25) is 5.91 Å². The van der Waals surface area contributed by atoms with E-state index in [1.807, 2.05) is 19.1 Å². The normalized spacial score (nSPS) is 10.5. The van der Waals surface area contributed by atoms with Gasteiger partial charge in [0.25, 0.3) is 0 Å². The van der Waals surface area contributed by atoms with E-state index in [-0.39, 0.29) is 5.91 Å². The monoisotopic (exact) mass is 219 g/mol. The van der Waals surface area contributed by atoms with Crippen LogP contribution in [-0.2, 0) is 11.3 Å². The highest BCUT2D eigenvalue weighted by Crippen LogP contribution is 2.24. The number of benzene rings is 1. The van der Waals surface area contributed by atoms with Crippen molar-refractivity contribution in [2.24, 2.45) is 0 Å². The highest BCUT2D eigenvalue weighted by molar-refractivity contribution is 7.19. The molecule has 1 aromatic heterocycles. The maximum absolute atomic E-state index is 11.1. The van der Waals surface area contributed by atoms with E-state index < -0.39 is 0 Å². The molecule has 3 heteroatoms. The van der Waals surface area contributed by atoms with Crippen molar-refractivity contribution >= 4 is 27.3 Å². The molecule has 0 saturated carbocycles. The summed E-state index contributed by atoms with van der Waals surface area (Å²) in [6.45, 7) is 2.51. The smallest absolute Gasteiger partial charge is 0.220 e. The van der Waals surface area contributed by atoms with Crippen LogP contribution in [0.5, 0.6) is 0 Å². The van der Waals surface area contributed by atoms with Crippen molar-refractivity contribution in [3.05, 3.63) is 35.2 Å². The quantitative estimate of drug-likeness (QED) is 0.845. The molecule has 0 aliphatic heterocycles.